The van der Waals surface area contributed by atoms with Gasteiger partial charge in [0.25, 0.3) is 5.91 Å². The van der Waals surface area contributed by atoms with Crippen molar-refractivity contribution in [1.82, 2.24) is 14.7 Å². The standard InChI is InChI=1S/C17H25N3O2S/c1-14(16(21)19-7-3-2-4-8-19)18-9-11-20(12-10-18)17(22)15-6-5-13-23-15/h5-6,13-14H,2-4,7-12H2,1H3. The Labute approximate surface area is 141 Å². The molecule has 1 unspecified atom stereocenters. The lowest BCUT2D eigenvalue weighted by Crippen LogP contribution is -2.55. The monoisotopic (exact) mass is 335 g/mol. The number of piperidine rings is 1. The average Bonchev–Trinajstić information content (AvgIpc) is 3.15. The second-order valence-electron chi connectivity index (χ2n) is 6.37. The third-order valence-corrected chi connectivity index (χ3v) is 5.76. The van der Waals surface area contributed by atoms with Gasteiger partial charge in [0.05, 0.1) is 10.9 Å². The molecule has 126 valence electrons. The van der Waals surface area contributed by atoms with Crippen LogP contribution in [-0.2, 0) is 4.79 Å². The van der Waals surface area contributed by atoms with Crippen molar-refractivity contribution in [2.75, 3.05) is 39.3 Å². The highest BCUT2D eigenvalue weighted by Crippen LogP contribution is 2.17. The zero-order chi connectivity index (χ0) is 16.2. The molecule has 3 heterocycles. The molecule has 0 aliphatic carbocycles. The van der Waals surface area contributed by atoms with Gasteiger partial charge in [0.15, 0.2) is 0 Å². The normalized spacial score (nSPS) is 21.3. The molecule has 0 radical (unpaired) electrons. The maximum atomic E-state index is 12.6. The molecule has 0 bridgehead atoms. The van der Waals surface area contributed by atoms with Crippen molar-refractivity contribution in [1.29, 1.82) is 0 Å². The summed E-state index contributed by atoms with van der Waals surface area (Å²) in [6.07, 6.45) is 3.49. The molecular formula is C17H25N3O2S. The van der Waals surface area contributed by atoms with Crippen molar-refractivity contribution in [3.05, 3.63) is 22.4 Å². The number of carbonyl (C=O) groups is 2. The number of nitrogens with zero attached hydrogens (tertiary/aromatic N) is 3. The summed E-state index contributed by atoms with van der Waals surface area (Å²) in [7, 11) is 0. The molecule has 0 N–H and O–H groups in total. The Morgan fingerprint density at radius 2 is 1.70 bits per heavy atom. The molecule has 0 spiro atoms. The molecule has 2 amide bonds. The predicted molar refractivity (Wildman–Crippen MR) is 91.7 cm³/mol. The molecule has 1 aromatic rings. The fourth-order valence-corrected chi connectivity index (χ4v) is 4.09. The van der Waals surface area contributed by atoms with Crippen LogP contribution in [0, 0.1) is 0 Å². The van der Waals surface area contributed by atoms with E-state index in [1.54, 1.807) is 0 Å². The van der Waals surface area contributed by atoms with E-state index in [1.165, 1.54) is 17.8 Å². The zero-order valence-electron chi connectivity index (χ0n) is 13.7. The van der Waals surface area contributed by atoms with Gasteiger partial charge in [0, 0.05) is 39.3 Å². The third kappa shape index (κ3) is 3.75. The van der Waals surface area contributed by atoms with E-state index in [-0.39, 0.29) is 17.9 Å². The maximum absolute atomic E-state index is 12.6. The summed E-state index contributed by atoms with van der Waals surface area (Å²) in [6, 6.07) is 3.71. The van der Waals surface area contributed by atoms with Gasteiger partial charge in [-0.05, 0) is 37.6 Å². The van der Waals surface area contributed by atoms with Crippen LogP contribution < -0.4 is 0 Å². The van der Waals surface area contributed by atoms with Gasteiger partial charge in [-0.25, -0.2) is 0 Å². The van der Waals surface area contributed by atoms with Crippen LogP contribution >= 0.6 is 11.3 Å². The third-order valence-electron chi connectivity index (χ3n) is 4.91. The number of likely N-dealkylation sites (tertiary alicyclic amines) is 1. The molecule has 2 aliphatic rings. The van der Waals surface area contributed by atoms with Gasteiger partial charge in [-0.3, -0.25) is 14.5 Å². The first-order chi connectivity index (χ1) is 11.2. The van der Waals surface area contributed by atoms with Gasteiger partial charge < -0.3 is 9.80 Å². The fourth-order valence-electron chi connectivity index (χ4n) is 3.40. The van der Waals surface area contributed by atoms with Crippen molar-refractivity contribution >= 4 is 23.2 Å². The average molecular weight is 335 g/mol. The summed E-state index contributed by atoms with van der Waals surface area (Å²) in [5.41, 5.74) is 0. The number of rotatable bonds is 3. The summed E-state index contributed by atoms with van der Waals surface area (Å²) in [4.78, 5) is 31.9. The molecule has 1 atom stereocenters. The van der Waals surface area contributed by atoms with Crippen LogP contribution in [0.3, 0.4) is 0 Å². The molecular weight excluding hydrogens is 310 g/mol. The van der Waals surface area contributed by atoms with E-state index in [9.17, 15) is 9.59 Å². The molecule has 2 saturated heterocycles. The fraction of sp³-hybridized carbons (Fsp3) is 0.647. The van der Waals surface area contributed by atoms with Crippen molar-refractivity contribution in [2.24, 2.45) is 0 Å². The van der Waals surface area contributed by atoms with Crippen LogP contribution in [0.1, 0.15) is 35.9 Å². The lowest BCUT2D eigenvalue weighted by Gasteiger charge is -2.39. The van der Waals surface area contributed by atoms with Crippen molar-refractivity contribution in [2.45, 2.75) is 32.2 Å². The minimum Gasteiger partial charge on any atom is -0.341 e. The smallest absolute Gasteiger partial charge is 0.264 e. The van der Waals surface area contributed by atoms with Crippen LogP contribution in [0.2, 0.25) is 0 Å². The van der Waals surface area contributed by atoms with E-state index in [0.29, 0.717) is 13.1 Å². The maximum Gasteiger partial charge on any atom is 0.264 e. The SMILES string of the molecule is CC(C(=O)N1CCCCC1)N1CCN(C(=O)c2cccs2)CC1. The van der Waals surface area contributed by atoms with Crippen molar-refractivity contribution in [3.63, 3.8) is 0 Å². The second kappa shape index (κ2) is 7.45. The number of hydrogen-bond donors (Lipinski definition) is 0. The van der Waals surface area contributed by atoms with Crippen LogP contribution in [-0.4, -0.2) is 71.8 Å². The summed E-state index contributed by atoms with van der Waals surface area (Å²) >= 11 is 1.49. The van der Waals surface area contributed by atoms with Gasteiger partial charge >= 0.3 is 0 Å². The van der Waals surface area contributed by atoms with Crippen molar-refractivity contribution in [3.8, 4) is 0 Å². The molecule has 5 nitrogen and oxygen atoms in total. The second-order valence-corrected chi connectivity index (χ2v) is 7.32. The lowest BCUT2D eigenvalue weighted by molar-refractivity contribution is -0.137. The Hall–Kier alpha value is -1.40. The highest BCUT2D eigenvalue weighted by molar-refractivity contribution is 7.12. The lowest BCUT2D eigenvalue weighted by atomic mass is 10.1. The Bertz CT molecular complexity index is 532. The Morgan fingerprint density at radius 1 is 1.00 bits per heavy atom. The van der Waals surface area contributed by atoms with E-state index >= 15 is 0 Å². The van der Waals surface area contributed by atoms with Gasteiger partial charge in [-0.1, -0.05) is 6.07 Å². The van der Waals surface area contributed by atoms with E-state index in [0.717, 1.165) is 43.9 Å². The van der Waals surface area contributed by atoms with Crippen LogP contribution in [0.5, 0.6) is 0 Å². The Morgan fingerprint density at radius 3 is 2.30 bits per heavy atom. The van der Waals surface area contributed by atoms with Crippen LogP contribution in [0.4, 0.5) is 0 Å². The number of hydrogen-bond acceptors (Lipinski definition) is 4. The number of piperazine rings is 1. The summed E-state index contributed by atoms with van der Waals surface area (Å²) in [6.45, 7) is 6.77. The largest absolute Gasteiger partial charge is 0.341 e. The van der Waals surface area contributed by atoms with Crippen LogP contribution in [0.25, 0.3) is 0 Å². The topological polar surface area (TPSA) is 43.9 Å². The molecule has 6 heteroatoms. The van der Waals surface area contributed by atoms with E-state index in [4.69, 9.17) is 0 Å². The van der Waals surface area contributed by atoms with Gasteiger partial charge in [0.1, 0.15) is 0 Å². The van der Waals surface area contributed by atoms with Crippen molar-refractivity contribution < 1.29 is 9.59 Å². The first-order valence-electron chi connectivity index (χ1n) is 8.52. The minimum atomic E-state index is -0.0768. The molecule has 1 aromatic heterocycles. The molecule has 2 aliphatic heterocycles. The Balaban J connectivity index is 1.51. The van der Waals surface area contributed by atoms with E-state index in [2.05, 4.69) is 4.90 Å². The molecule has 3 rings (SSSR count). The number of carbonyl (C=O) groups excluding carboxylic acids is 2. The minimum absolute atomic E-state index is 0.0768. The first kappa shape index (κ1) is 16.5. The summed E-state index contributed by atoms with van der Waals surface area (Å²) in [5.74, 6) is 0.373. The molecule has 2 fully saturated rings. The summed E-state index contributed by atoms with van der Waals surface area (Å²) in [5, 5.41) is 1.93. The first-order valence-corrected chi connectivity index (χ1v) is 9.40. The van der Waals surface area contributed by atoms with E-state index < -0.39 is 0 Å². The van der Waals surface area contributed by atoms with Gasteiger partial charge in [-0.2, -0.15) is 0 Å². The molecule has 0 aromatic carbocycles. The number of amides is 2. The number of thiophene rings is 1. The quantitative estimate of drug-likeness (QED) is 0.847. The molecule has 0 saturated carbocycles. The zero-order valence-corrected chi connectivity index (χ0v) is 14.6. The Kier molecular flexibility index (Phi) is 5.33. The highest BCUT2D eigenvalue weighted by Gasteiger charge is 2.30. The highest BCUT2D eigenvalue weighted by atomic mass is 32.1. The van der Waals surface area contributed by atoms with Gasteiger partial charge in [-0.15, -0.1) is 11.3 Å². The summed E-state index contributed by atoms with van der Waals surface area (Å²) < 4.78 is 0. The predicted octanol–water partition coefficient (Wildman–Crippen LogP) is 1.91. The molecule has 23 heavy (non-hydrogen) atoms. The van der Waals surface area contributed by atoms with Gasteiger partial charge in [0.2, 0.25) is 5.91 Å². The van der Waals surface area contributed by atoms with Crippen LogP contribution in [0.15, 0.2) is 17.5 Å². The van der Waals surface area contributed by atoms with E-state index in [1.807, 2.05) is 34.2 Å².